The highest BCUT2D eigenvalue weighted by Crippen LogP contribution is 2.28. The molecule has 1 aromatic heterocycles. The summed E-state index contributed by atoms with van der Waals surface area (Å²) in [6.07, 6.45) is 0. The lowest BCUT2D eigenvalue weighted by molar-refractivity contribution is 0.102. The first kappa shape index (κ1) is 18.5. The van der Waals surface area contributed by atoms with Gasteiger partial charge in [-0.2, -0.15) is 5.26 Å². The number of rotatable bonds is 5. The van der Waals surface area contributed by atoms with Gasteiger partial charge in [0.05, 0.1) is 17.2 Å². The van der Waals surface area contributed by atoms with Gasteiger partial charge in [0.15, 0.2) is 4.34 Å². The van der Waals surface area contributed by atoms with Crippen LogP contribution in [0.3, 0.4) is 0 Å². The van der Waals surface area contributed by atoms with Gasteiger partial charge < -0.3 is 0 Å². The largest absolute Gasteiger partial charge is 0.296 e. The number of amides is 1. The second kappa shape index (κ2) is 8.40. The van der Waals surface area contributed by atoms with E-state index >= 15 is 0 Å². The Bertz CT molecular complexity index is 985. The number of carbonyl (C=O) groups excluding carboxylic acids is 1. The predicted molar refractivity (Wildman–Crippen MR) is 103 cm³/mol. The van der Waals surface area contributed by atoms with Gasteiger partial charge in [-0.15, -0.1) is 10.2 Å². The van der Waals surface area contributed by atoms with Crippen LogP contribution < -0.4 is 5.32 Å². The number of halogens is 2. The van der Waals surface area contributed by atoms with Gasteiger partial charge in [0.1, 0.15) is 5.82 Å². The van der Waals surface area contributed by atoms with Crippen LogP contribution in [-0.2, 0) is 5.75 Å². The fraction of sp³-hybridized carbons (Fsp3) is 0.0588. The number of hydrogen-bond acceptors (Lipinski definition) is 6. The molecule has 0 spiro atoms. The van der Waals surface area contributed by atoms with E-state index in [4.69, 9.17) is 5.26 Å². The Balaban J connectivity index is 1.60. The number of carbonyl (C=O) groups is 1. The maximum Gasteiger partial charge on any atom is 0.260 e. The molecule has 130 valence electrons. The van der Waals surface area contributed by atoms with Crippen LogP contribution in [0.5, 0.6) is 0 Å². The van der Waals surface area contributed by atoms with Gasteiger partial charge in [-0.05, 0) is 35.9 Å². The monoisotopic (exact) mass is 448 g/mol. The van der Waals surface area contributed by atoms with E-state index < -0.39 is 11.7 Å². The lowest BCUT2D eigenvalue weighted by Crippen LogP contribution is -2.13. The van der Waals surface area contributed by atoms with Crippen LogP contribution in [0.25, 0.3) is 0 Å². The molecule has 9 heteroatoms. The minimum absolute atomic E-state index is 0.0600. The Morgan fingerprint density at radius 2 is 2.04 bits per heavy atom. The van der Waals surface area contributed by atoms with Gasteiger partial charge >= 0.3 is 0 Å². The second-order valence-corrected chi connectivity index (χ2v) is 8.16. The smallest absolute Gasteiger partial charge is 0.260 e. The summed E-state index contributed by atoms with van der Waals surface area (Å²) in [7, 11) is 0. The van der Waals surface area contributed by atoms with Gasteiger partial charge in [0.25, 0.3) is 5.91 Å². The lowest BCUT2D eigenvalue weighted by atomic mass is 10.2. The molecule has 0 bridgehead atoms. The SMILES string of the molecule is N#Cc1ccc(CSc2nnc(NC(=O)c3ccc(Br)cc3F)s2)cc1. The fourth-order valence-corrected chi connectivity index (χ4v) is 4.01. The summed E-state index contributed by atoms with van der Waals surface area (Å²) in [5, 5.41) is 19.6. The zero-order valence-electron chi connectivity index (χ0n) is 13.1. The molecule has 0 atom stereocenters. The third-order valence-electron chi connectivity index (χ3n) is 3.25. The van der Waals surface area contributed by atoms with Crippen molar-refractivity contribution in [2.24, 2.45) is 0 Å². The predicted octanol–water partition coefficient (Wildman–Crippen LogP) is 4.86. The first-order valence-corrected chi connectivity index (χ1v) is 9.86. The first-order chi connectivity index (χ1) is 12.5. The van der Waals surface area contributed by atoms with Crippen LogP contribution in [0.15, 0.2) is 51.3 Å². The van der Waals surface area contributed by atoms with Crippen molar-refractivity contribution < 1.29 is 9.18 Å². The van der Waals surface area contributed by atoms with Crippen molar-refractivity contribution in [2.75, 3.05) is 5.32 Å². The second-order valence-electron chi connectivity index (χ2n) is 5.05. The van der Waals surface area contributed by atoms with E-state index in [2.05, 4.69) is 37.5 Å². The Hall–Kier alpha value is -2.28. The summed E-state index contributed by atoms with van der Waals surface area (Å²) in [4.78, 5) is 12.1. The van der Waals surface area contributed by atoms with Crippen LogP contribution in [0.4, 0.5) is 9.52 Å². The maximum absolute atomic E-state index is 13.8. The number of nitriles is 1. The van der Waals surface area contributed by atoms with Gasteiger partial charge in [-0.1, -0.05) is 51.2 Å². The molecule has 0 saturated carbocycles. The summed E-state index contributed by atoms with van der Waals surface area (Å²) in [6, 6.07) is 13.6. The summed E-state index contributed by atoms with van der Waals surface area (Å²) in [5.74, 6) is -0.526. The van der Waals surface area contributed by atoms with Gasteiger partial charge in [0.2, 0.25) is 5.13 Å². The summed E-state index contributed by atoms with van der Waals surface area (Å²) >= 11 is 5.83. The normalized spacial score (nSPS) is 10.3. The minimum Gasteiger partial charge on any atom is -0.296 e. The Morgan fingerprint density at radius 3 is 2.73 bits per heavy atom. The van der Waals surface area contributed by atoms with Gasteiger partial charge in [-0.3, -0.25) is 10.1 Å². The molecular weight excluding hydrogens is 439 g/mol. The van der Waals surface area contributed by atoms with E-state index in [9.17, 15) is 9.18 Å². The van der Waals surface area contributed by atoms with Crippen molar-refractivity contribution in [3.8, 4) is 6.07 Å². The molecule has 2 aromatic carbocycles. The zero-order valence-corrected chi connectivity index (χ0v) is 16.3. The molecule has 0 radical (unpaired) electrons. The average molecular weight is 449 g/mol. The number of aromatic nitrogens is 2. The first-order valence-electron chi connectivity index (χ1n) is 7.27. The number of benzene rings is 2. The summed E-state index contributed by atoms with van der Waals surface area (Å²) in [5.41, 5.74) is 1.60. The quantitative estimate of drug-likeness (QED) is 0.445. The highest BCUT2D eigenvalue weighted by molar-refractivity contribution is 9.10. The summed E-state index contributed by atoms with van der Waals surface area (Å²) in [6.45, 7) is 0. The molecule has 3 aromatic rings. The fourth-order valence-electron chi connectivity index (χ4n) is 1.98. The molecule has 3 rings (SSSR count). The number of anilines is 1. The molecule has 0 unspecified atom stereocenters. The van der Waals surface area contributed by atoms with Crippen molar-refractivity contribution >= 4 is 50.1 Å². The molecule has 1 N–H and O–H groups in total. The van der Waals surface area contributed by atoms with E-state index in [1.807, 2.05) is 12.1 Å². The Morgan fingerprint density at radius 1 is 1.27 bits per heavy atom. The van der Waals surface area contributed by atoms with Crippen molar-refractivity contribution in [1.82, 2.24) is 10.2 Å². The van der Waals surface area contributed by atoms with Crippen LogP contribution >= 0.6 is 39.0 Å². The van der Waals surface area contributed by atoms with Crippen molar-refractivity contribution in [2.45, 2.75) is 10.1 Å². The molecule has 26 heavy (non-hydrogen) atoms. The van der Waals surface area contributed by atoms with Crippen LogP contribution in [0, 0.1) is 17.1 Å². The molecule has 0 aliphatic heterocycles. The van der Waals surface area contributed by atoms with E-state index in [0.717, 1.165) is 5.56 Å². The molecule has 0 aliphatic carbocycles. The van der Waals surface area contributed by atoms with E-state index in [1.54, 1.807) is 18.2 Å². The van der Waals surface area contributed by atoms with E-state index in [1.165, 1.54) is 35.2 Å². The van der Waals surface area contributed by atoms with Crippen molar-refractivity contribution in [3.63, 3.8) is 0 Å². The van der Waals surface area contributed by atoms with Gasteiger partial charge in [-0.25, -0.2) is 4.39 Å². The van der Waals surface area contributed by atoms with E-state index in [-0.39, 0.29) is 5.56 Å². The Labute approximate surface area is 165 Å². The highest BCUT2D eigenvalue weighted by Gasteiger charge is 2.14. The average Bonchev–Trinajstić information content (AvgIpc) is 3.07. The van der Waals surface area contributed by atoms with Crippen molar-refractivity contribution in [1.29, 1.82) is 5.26 Å². The topological polar surface area (TPSA) is 78.7 Å². The lowest BCUT2D eigenvalue weighted by Gasteiger charge is -2.02. The molecule has 5 nitrogen and oxygen atoms in total. The van der Waals surface area contributed by atoms with Crippen molar-refractivity contribution in [3.05, 3.63) is 69.4 Å². The number of nitrogens with zero attached hydrogens (tertiary/aromatic N) is 3. The number of thioether (sulfide) groups is 1. The highest BCUT2D eigenvalue weighted by atomic mass is 79.9. The Kier molecular flexibility index (Phi) is 5.98. The molecule has 0 aliphatic rings. The van der Waals surface area contributed by atoms with E-state index in [0.29, 0.717) is 25.3 Å². The summed E-state index contributed by atoms with van der Waals surface area (Å²) < 4.78 is 15.1. The molecular formula is C17H10BrFN4OS2. The number of nitrogens with one attached hydrogen (secondary N) is 1. The third kappa shape index (κ3) is 4.66. The molecule has 0 fully saturated rings. The maximum atomic E-state index is 13.8. The molecule has 1 heterocycles. The van der Waals surface area contributed by atoms with Crippen LogP contribution in [-0.4, -0.2) is 16.1 Å². The zero-order chi connectivity index (χ0) is 18.5. The third-order valence-corrected chi connectivity index (χ3v) is 5.78. The van der Waals surface area contributed by atoms with Crippen LogP contribution in [0.1, 0.15) is 21.5 Å². The standard InChI is InChI=1S/C17H10BrFN4OS2/c18-12-5-6-13(14(19)7-12)15(24)21-16-22-23-17(26-16)25-9-11-3-1-10(8-20)2-4-11/h1-7H,9H2,(H,21,22,24). The van der Waals surface area contributed by atoms with Gasteiger partial charge in [0, 0.05) is 10.2 Å². The molecule has 1 amide bonds. The number of hydrogen-bond donors (Lipinski definition) is 1. The molecule has 0 saturated heterocycles. The van der Waals surface area contributed by atoms with Crippen LogP contribution in [0.2, 0.25) is 0 Å². The minimum atomic E-state index is -0.614.